The van der Waals surface area contributed by atoms with E-state index in [1.54, 1.807) is 48.8 Å². The smallest absolute Gasteiger partial charge is 0.872 e. The normalized spacial score (nSPS) is 12.2. The standard InChI is InChI=1S/2C23H25ClN4O3.Ni/c2*1-3-5-8-15(4-2)14-31-23(30)17-13-16-19(29)11-10-18(21(16)26-22(17)24)27-28-20-9-6-7-12-25-20;/h2*6-7,9-13,15,29H,3-5,8,14H2,1-2H3;/q;;+2/p-2. The zero-order valence-electron chi connectivity index (χ0n) is 35.4. The third-order valence-corrected chi connectivity index (χ3v) is 10.6. The number of ether oxygens (including phenoxy) is 2. The largest absolute Gasteiger partial charge is 2.00 e. The molecule has 2 unspecified atom stereocenters. The van der Waals surface area contributed by atoms with Crippen molar-refractivity contribution in [1.29, 1.82) is 0 Å². The second-order valence-electron chi connectivity index (χ2n) is 14.4. The summed E-state index contributed by atoms with van der Waals surface area (Å²) in [6, 6.07) is 19.1. The second kappa shape index (κ2) is 25.5. The molecule has 0 radical (unpaired) electrons. The number of pyridine rings is 4. The van der Waals surface area contributed by atoms with E-state index in [-0.39, 0.29) is 71.2 Å². The molecule has 4 aromatic heterocycles. The molecule has 0 saturated carbocycles. The number of azo groups is 2. The Bertz CT molecular complexity index is 2330. The minimum atomic E-state index is -0.589. The van der Waals surface area contributed by atoms with Gasteiger partial charge in [0.1, 0.15) is 21.7 Å². The number of nitrogens with zero attached hydrogens (tertiary/aromatic N) is 8. The monoisotopic (exact) mass is 936 g/mol. The quantitative estimate of drug-likeness (QED) is 0.0345. The maximum Gasteiger partial charge on any atom is 2.00 e. The predicted octanol–water partition coefficient (Wildman–Crippen LogP) is 12.3. The van der Waals surface area contributed by atoms with Gasteiger partial charge in [0.25, 0.3) is 0 Å². The van der Waals surface area contributed by atoms with Crippen LogP contribution in [0.4, 0.5) is 23.0 Å². The first-order valence-corrected chi connectivity index (χ1v) is 21.4. The number of unbranched alkanes of at least 4 members (excludes halogenated alkanes) is 2. The molecule has 0 bridgehead atoms. The molecule has 6 aromatic rings. The minimum absolute atomic E-state index is 0. The Labute approximate surface area is 386 Å². The molecule has 332 valence electrons. The molecule has 14 nitrogen and oxygen atoms in total. The number of rotatable bonds is 18. The van der Waals surface area contributed by atoms with Gasteiger partial charge in [-0.05, 0) is 84.0 Å². The maximum atomic E-state index is 12.6. The van der Waals surface area contributed by atoms with E-state index in [0.29, 0.717) is 48.1 Å². The first-order chi connectivity index (χ1) is 30.1. The van der Waals surface area contributed by atoms with Gasteiger partial charge in [-0.15, -0.1) is 20.5 Å². The molecule has 0 saturated heterocycles. The number of carbonyl (C=O) groups is 2. The van der Waals surface area contributed by atoms with Gasteiger partial charge in [0, 0.05) is 12.4 Å². The van der Waals surface area contributed by atoms with Gasteiger partial charge in [0.05, 0.1) is 35.4 Å². The van der Waals surface area contributed by atoms with Crippen molar-refractivity contribution in [3.05, 3.63) is 107 Å². The first-order valence-electron chi connectivity index (χ1n) is 20.7. The summed E-state index contributed by atoms with van der Waals surface area (Å²) < 4.78 is 10.9. The van der Waals surface area contributed by atoms with E-state index in [9.17, 15) is 19.8 Å². The molecular weight excluding hydrogens is 890 g/mol. The fraction of sp³-hybridized carbons (Fsp3) is 0.348. The zero-order chi connectivity index (χ0) is 44.4. The van der Waals surface area contributed by atoms with Crippen LogP contribution >= 0.6 is 23.2 Å². The first kappa shape index (κ1) is 50.0. The molecule has 2 atom stereocenters. The average Bonchev–Trinajstić information content (AvgIpc) is 3.29. The van der Waals surface area contributed by atoms with Gasteiger partial charge in [-0.2, -0.15) is 0 Å². The molecule has 4 heterocycles. The van der Waals surface area contributed by atoms with E-state index in [4.69, 9.17) is 32.7 Å². The van der Waals surface area contributed by atoms with Crippen molar-refractivity contribution in [2.24, 2.45) is 32.3 Å². The van der Waals surface area contributed by atoms with E-state index in [1.165, 1.54) is 36.4 Å². The SMILES string of the molecule is CCCCC(CC)COC(=O)c1cc2c([O-])ccc(N=Nc3ccccn3)c2nc1Cl.CCCCC(CC)COC(=O)c1cc2c([O-])ccc(N=Nc3ccccn3)c2nc1Cl.[Ni+2]. The molecule has 0 N–H and O–H groups in total. The van der Waals surface area contributed by atoms with Crippen LogP contribution in [0.15, 0.2) is 106 Å². The Morgan fingerprint density at radius 3 is 1.38 bits per heavy atom. The molecule has 17 heteroatoms. The molecular formula is C46H48Cl2N8NiO6. The Kier molecular flexibility index (Phi) is 20.2. The molecule has 0 aliphatic rings. The van der Waals surface area contributed by atoms with E-state index in [0.717, 1.165) is 51.4 Å². The number of fused-ring (bicyclic) bond motifs is 2. The van der Waals surface area contributed by atoms with Crippen LogP contribution in [0, 0.1) is 11.8 Å². The minimum Gasteiger partial charge on any atom is -0.872 e. The Morgan fingerprint density at radius 2 is 1.03 bits per heavy atom. The van der Waals surface area contributed by atoms with E-state index < -0.39 is 11.9 Å². The van der Waals surface area contributed by atoms with Crippen LogP contribution in [0.2, 0.25) is 10.3 Å². The summed E-state index contributed by atoms with van der Waals surface area (Å²) in [6.45, 7) is 9.03. The second-order valence-corrected chi connectivity index (χ2v) is 15.1. The molecule has 2 aromatic carbocycles. The van der Waals surface area contributed by atoms with Gasteiger partial charge in [-0.3, -0.25) is 0 Å². The Hall–Kier alpha value is -5.63. The maximum absolute atomic E-state index is 12.6. The summed E-state index contributed by atoms with van der Waals surface area (Å²) >= 11 is 12.5. The molecule has 6 rings (SSSR count). The molecule has 0 amide bonds. The fourth-order valence-electron chi connectivity index (χ4n) is 6.22. The van der Waals surface area contributed by atoms with Crippen molar-refractivity contribution in [2.45, 2.75) is 79.1 Å². The summed E-state index contributed by atoms with van der Waals surface area (Å²) in [6.07, 6.45) is 11.4. The van der Waals surface area contributed by atoms with Crippen LogP contribution in [-0.4, -0.2) is 45.1 Å². The number of carbonyl (C=O) groups excluding carboxylic acids is 2. The van der Waals surface area contributed by atoms with E-state index in [1.807, 2.05) is 0 Å². The van der Waals surface area contributed by atoms with Gasteiger partial charge >= 0.3 is 28.4 Å². The van der Waals surface area contributed by atoms with Gasteiger partial charge < -0.3 is 19.7 Å². The molecule has 0 fully saturated rings. The van der Waals surface area contributed by atoms with Gasteiger partial charge in [0.15, 0.2) is 11.6 Å². The molecule has 63 heavy (non-hydrogen) atoms. The number of hydrogen-bond acceptors (Lipinski definition) is 14. The van der Waals surface area contributed by atoms with Crippen molar-refractivity contribution < 1.29 is 45.8 Å². The predicted molar refractivity (Wildman–Crippen MR) is 236 cm³/mol. The number of benzene rings is 2. The van der Waals surface area contributed by atoms with Crippen molar-refractivity contribution in [2.75, 3.05) is 13.2 Å². The van der Waals surface area contributed by atoms with Crippen molar-refractivity contribution in [3.8, 4) is 11.5 Å². The number of aromatic nitrogens is 4. The third kappa shape index (κ3) is 14.2. The topological polar surface area (TPSA) is 200 Å². The number of hydrogen-bond donors (Lipinski definition) is 0. The van der Waals surface area contributed by atoms with Crippen LogP contribution in [0.1, 0.15) is 99.8 Å². The molecule has 0 aliphatic carbocycles. The van der Waals surface area contributed by atoms with Crippen molar-refractivity contribution >= 4 is 80.0 Å². The van der Waals surface area contributed by atoms with Crippen LogP contribution in [0.3, 0.4) is 0 Å². The molecule has 0 spiro atoms. The van der Waals surface area contributed by atoms with Gasteiger partial charge in [-0.1, -0.05) is 125 Å². The number of halogens is 2. The van der Waals surface area contributed by atoms with Crippen molar-refractivity contribution in [1.82, 2.24) is 19.9 Å². The van der Waals surface area contributed by atoms with Crippen LogP contribution < -0.4 is 10.2 Å². The van der Waals surface area contributed by atoms with Gasteiger partial charge in [-0.25, -0.2) is 29.5 Å². The summed E-state index contributed by atoms with van der Waals surface area (Å²) in [5.41, 5.74) is 1.37. The van der Waals surface area contributed by atoms with Crippen LogP contribution in [0.5, 0.6) is 11.5 Å². The summed E-state index contributed by atoms with van der Waals surface area (Å²) in [7, 11) is 0. The third-order valence-electron chi connectivity index (χ3n) is 10.00. The van der Waals surface area contributed by atoms with Crippen LogP contribution in [0.25, 0.3) is 21.8 Å². The summed E-state index contributed by atoms with van der Waals surface area (Å²) in [5.74, 6) is -0.333. The van der Waals surface area contributed by atoms with E-state index >= 15 is 0 Å². The zero-order valence-corrected chi connectivity index (χ0v) is 37.9. The van der Waals surface area contributed by atoms with Crippen LogP contribution in [-0.2, 0) is 26.0 Å². The number of esters is 2. The average molecular weight is 939 g/mol. The Balaban J connectivity index is 0.000000272. The summed E-state index contributed by atoms with van der Waals surface area (Å²) in [4.78, 5) is 41.9. The van der Waals surface area contributed by atoms with Crippen molar-refractivity contribution in [3.63, 3.8) is 0 Å². The Morgan fingerprint density at radius 1 is 0.619 bits per heavy atom. The molecule has 0 aliphatic heterocycles. The van der Waals surface area contributed by atoms with Gasteiger partial charge in [0.2, 0.25) is 0 Å². The fourth-order valence-corrected chi connectivity index (χ4v) is 6.65. The summed E-state index contributed by atoms with van der Waals surface area (Å²) in [5, 5.41) is 41.6. The van der Waals surface area contributed by atoms with E-state index in [2.05, 4.69) is 68.1 Å².